The van der Waals surface area contributed by atoms with Gasteiger partial charge >= 0.3 is 13.8 Å². The van der Waals surface area contributed by atoms with E-state index < -0.39 is 51.1 Å². The van der Waals surface area contributed by atoms with Crippen LogP contribution >= 0.6 is 7.82 Å². The largest absolute Gasteiger partial charge is 0.470 e. The van der Waals surface area contributed by atoms with Gasteiger partial charge in [-0.05, 0) is 42.8 Å². The molecular weight excluding hydrogens is 471 g/mol. The number of aliphatic hydroxyl groups is 2. The molecule has 2 aromatic rings. The summed E-state index contributed by atoms with van der Waals surface area (Å²) in [5.41, 5.74) is 12.5. The number of hydrogen-bond acceptors (Lipinski definition) is 10. The highest BCUT2D eigenvalue weighted by Crippen LogP contribution is 2.41. The van der Waals surface area contributed by atoms with Gasteiger partial charge in [-0.1, -0.05) is 24.3 Å². The summed E-state index contributed by atoms with van der Waals surface area (Å²) in [6, 6.07) is 12.9. The average Bonchev–Trinajstić information content (AvgIpc) is 2.78. The van der Waals surface area contributed by atoms with E-state index in [1.807, 2.05) is 0 Å². The number of carbonyl (C=O) groups excluding carboxylic acids is 1. The summed E-state index contributed by atoms with van der Waals surface area (Å²) >= 11 is 0. The van der Waals surface area contributed by atoms with E-state index in [4.69, 9.17) is 25.7 Å². The van der Waals surface area contributed by atoms with E-state index in [1.54, 1.807) is 36.4 Å². The lowest BCUT2D eigenvalue weighted by molar-refractivity contribution is -0.274. The Hall–Kier alpha value is -2.54. The van der Waals surface area contributed by atoms with Crippen LogP contribution in [0.15, 0.2) is 48.5 Å². The van der Waals surface area contributed by atoms with Crippen molar-refractivity contribution in [2.75, 3.05) is 18.9 Å². The molecule has 0 radical (unpaired) electrons. The Labute approximate surface area is 195 Å². The Morgan fingerprint density at radius 2 is 1.74 bits per heavy atom. The zero-order chi connectivity index (χ0) is 24.9. The van der Waals surface area contributed by atoms with Gasteiger partial charge < -0.3 is 45.7 Å². The van der Waals surface area contributed by atoms with Crippen LogP contribution in [0.4, 0.5) is 5.69 Å². The molecule has 13 heteroatoms. The Balaban J connectivity index is 1.75. The van der Waals surface area contributed by atoms with Crippen molar-refractivity contribution < 1.29 is 48.1 Å². The van der Waals surface area contributed by atoms with Crippen LogP contribution in [0.5, 0.6) is 5.75 Å². The first-order chi connectivity index (χ1) is 16.1. The van der Waals surface area contributed by atoms with Crippen LogP contribution < -0.4 is 16.2 Å². The Morgan fingerprint density at radius 3 is 2.35 bits per heavy atom. The fraction of sp³-hybridized carbons (Fsp3) is 0.381. The second kappa shape index (κ2) is 11.3. The molecule has 5 atom stereocenters. The van der Waals surface area contributed by atoms with Crippen molar-refractivity contribution in [1.29, 1.82) is 0 Å². The fourth-order valence-corrected chi connectivity index (χ4v) is 3.94. The number of ether oxygens (including phenoxy) is 3. The maximum absolute atomic E-state index is 12.4. The molecule has 0 unspecified atom stereocenters. The average molecular weight is 498 g/mol. The van der Waals surface area contributed by atoms with Crippen molar-refractivity contribution in [3.63, 3.8) is 0 Å². The quantitative estimate of drug-likeness (QED) is 0.153. The highest BCUT2D eigenvalue weighted by Gasteiger charge is 2.49. The standard InChI is InChI=1S/C21H27N2O10P/c22-10-9-12-5-7-13(8-6-12)31-21-18(25)19(33-34(27,28)29)17(24)16(32-21)11-30-20(26)14-3-1-2-4-15(14)23/h1-8,16-19,21,24-25H,9-11,22-23H2,(H2,27,28,29)/t16-,17-,18-,19+,21-/m1/s1. The van der Waals surface area contributed by atoms with Crippen molar-refractivity contribution in [1.82, 2.24) is 0 Å². The monoisotopic (exact) mass is 498 g/mol. The first-order valence-corrected chi connectivity index (χ1v) is 11.8. The molecule has 8 N–H and O–H groups in total. The maximum atomic E-state index is 12.4. The number of hydrogen-bond donors (Lipinski definition) is 6. The van der Waals surface area contributed by atoms with Crippen LogP contribution in [0, 0.1) is 0 Å². The molecule has 1 fully saturated rings. The number of para-hydroxylation sites is 1. The molecule has 1 aliphatic heterocycles. The van der Waals surface area contributed by atoms with Gasteiger partial charge in [0.15, 0.2) is 0 Å². The summed E-state index contributed by atoms with van der Waals surface area (Å²) in [6.45, 7) is -0.0870. The smallest absolute Gasteiger partial charge is 0.462 e. The second-order valence-corrected chi connectivity index (χ2v) is 8.76. The van der Waals surface area contributed by atoms with Gasteiger partial charge in [-0.15, -0.1) is 0 Å². The van der Waals surface area contributed by atoms with E-state index in [9.17, 15) is 29.4 Å². The number of esters is 1. The van der Waals surface area contributed by atoms with E-state index in [1.165, 1.54) is 12.1 Å². The van der Waals surface area contributed by atoms with Crippen LogP contribution in [0.2, 0.25) is 0 Å². The number of carbonyl (C=O) groups is 1. The predicted molar refractivity (Wildman–Crippen MR) is 119 cm³/mol. The molecule has 3 rings (SSSR count). The number of benzene rings is 2. The van der Waals surface area contributed by atoms with E-state index in [0.29, 0.717) is 13.0 Å². The summed E-state index contributed by atoms with van der Waals surface area (Å²) in [5.74, 6) is -0.538. The molecule has 2 aromatic carbocycles. The van der Waals surface area contributed by atoms with Gasteiger partial charge in [0.2, 0.25) is 6.29 Å². The lowest BCUT2D eigenvalue weighted by atomic mass is 9.99. The van der Waals surface area contributed by atoms with Gasteiger partial charge in [-0.2, -0.15) is 0 Å². The molecule has 1 aliphatic rings. The van der Waals surface area contributed by atoms with E-state index in [-0.39, 0.29) is 17.0 Å². The topological polar surface area (TPSA) is 204 Å². The van der Waals surface area contributed by atoms with Crippen LogP contribution in [0.3, 0.4) is 0 Å². The number of phosphoric ester groups is 1. The molecule has 34 heavy (non-hydrogen) atoms. The van der Waals surface area contributed by atoms with Gasteiger partial charge in [0, 0.05) is 5.69 Å². The summed E-state index contributed by atoms with van der Waals surface area (Å²) in [6.07, 6.45) is -7.58. The molecule has 0 bridgehead atoms. The first kappa shape index (κ1) is 26.1. The third kappa shape index (κ3) is 6.75. The lowest BCUT2D eigenvalue weighted by Crippen LogP contribution is -2.61. The molecule has 0 aliphatic carbocycles. The van der Waals surface area contributed by atoms with Gasteiger partial charge in [0.05, 0.1) is 5.56 Å². The number of phosphoric acid groups is 1. The van der Waals surface area contributed by atoms with Crippen LogP contribution in [-0.4, -0.2) is 69.8 Å². The maximum Gasteiger partial charge on any atom is 0.470 e. The van der Waals surface area contributed by atoms with Crippen LogP contribution in [0.1, 0.15) is 15.9 Å². The molecule has 0 amide bonds. The van der Waals surface area contributed by atoms with Crippen molar-refractivity contribution in [3.8, 4) is 5.75 Å². The van der Waals surface area contributed by atoms with E-state index in [0.717, 1.165) is 5.56 Å². The van der Waals surface area contributed by atoms with E-state index >= 15 is 0 Å². The fourth-order valence-electron chi connectivity index (χ4n) is 3.37. The van der Waals surface area contributed by atoms with Gasteiger partial charge in [0.1, 0.15) is 36.8 Å². The molecule has 0 spiro atoms. The summed E-state index contributed by atoms with van der Waals surface area (Å²) in [5, 5.41) is 21.1. The highest BCUT2D eigenvalue weighted by atomic mass is 31.2. The SMILES string of the molecule is NCCc1ccc(O[C@@H]2O[C@H](COC(=O)c3ccccc3N)[C@@H](O)[C@H](OP(=O)(O)O)[C@H]2O)cc1. The van der Waals surface area contributed by atoms with Gasteiger partial charge in [-0.3, -0.25) is 4.52 Å². The zero-order valence-electron chi connectivity index (χ0n) is 18.0. The Kier molecular flexibility index (Phi) is 8.63. The minimum absolute atomic E-state index is 0.0845. The number of aliphatic hydroxyl groups excluding tert-OH is 2. The van der Waals surface area contributed by atoms with Crippen molar-refractivity contribution in [3.05, 3.63) is 59.7 Å². The van der Waals surface area contributed by atoms with E-state index in [2.05, 4.69) is 4.52 Å². The minimum Gasteiger partial charge on any atom is -0.462 e. The first-order valence-electron chi connectivity index (χ1n) is 10.3. The lowest BCUT2D eigenvalue weighted by Gasteiger charge is -2.41. The molecular formula is C21H27N2O10P. The van der Waals surface area contributed by atoms with Crippen molar-refractivity contribution in [2.24, 2.45) is 5.73 Å². The third-order valence-electron chi connectivity index (χ3n) is 5.07. The molecule has 0 aromatic heterocycles. The summed E-state index contributed by atoms with van der Waals surface area (Å²) < 4.78 is 32.4. The summed E-state index contributed by atoms with van der Waals surface area (Å²) in [4.78, 5) is 30.8. The minimum atomic E-state index is -5.12. The van der Waals surface area contributed by atoms with Crippen molar-refractivity contribution in [2.45, 2.75) is 37.1 Å². The highest BCUT2D eigenvalue weighted by molar-refractivity contribution is 7.46. The molecule has 0 saturated carbocycles. The normalized spacial score (nSPS) is 25.0. The molecule has 12 nitrogen and oxygen atoms in total. The van der Waals surface area contributed by atoms with Crippen LogP contribution in [-0.2, 0) is 25.0 Å². The molecule has 186 valence electrons. The second-order valence-electron chi connectivity index (χ2n) is 7.57. The molecule has 1 heterocycles. The van der Waals surface area contributed by atoms with Gasteiger partial charge in [0.25, 0.3) is 0 Å². The Bertz CT molecular complexity index is 1010. The van der Waals surface area contributed by atoms with Gasteiger partial charge in [-0.25, -0.2) is 9.36 Å². The number of nitrogens with two attached hydrogens (primary N) is 2. The summed E-state index contributed by atoms with van der Waals surface area (Å²) in [7, 11) is -5.12. The molecule has 1 saturated heterocycles. The van der Waals surface area contributed by atoms with Crippen LogP contribution in [0.25, 0.3) is 0 Å². The number of nitrogen functional groups attached to an aromatic ring is 1. The Morgan fingerprint density at radius 1 is 1.06 bits per heavy atom. The van der Waals surface area contributed by atoms with Crippen molar-refractivity contribution >= 4 is 19.5 Å². The zero-order valence-corrected chi connectivity index (χ0v) is 18.9. The predicted octanol–water partition coefficient (Wildman–Crippen LogP) is -0.0696. The number of rotatable bonds is 9. The third-order valence-corrected chi connectivity index (χ3v) is 5.59. The number of anilines is 1.